The summed E-state index contributed by atoms with van der Waals surface area (Å²) in [6.45, 7) is 2.09. The third kappa shape index (κ3) is 1.38. The van der Waals surface area contributed by atoms with Gasteiger partial charge in [-0.1, -0.05) is 13.0 Å². The van der Waals surface area contributed by atoms with E-state index < -0.39 is 0 Å². The summed E-state index contributed by atoms with van der Waals surface area (Å²) in [5.74, 6) is 0.0376. The topological polar surface area (TPSA) is 26.3 Å². The predicted octanol–water partition coefficient (Wildman–Crippen LogP) is 2.44. The highest BCUT2D eigenvalue weighted by Crippen LogP contribution is 2.41. The van der Waals surface area contributed by atoms with Crippen LogP contribution in [0.15, 0.2) is 12.2 Å². The van der Waals surface area contributed by atoms with Crippen LogP contribution in [0.5, 0.6) is 0 Å². The zero-order chi connectivity index (χ0) is 9.31. The summed E-state index contributed by atoms with van der Waals surface area (Å²) in [6, 6.07) is 0. The summed E-state index contributed by atoms with van der Waals surface area (Å²) in [5.41, 5.74) is -0.152. The van der Waals surface area contributed by atoms with E-state index in [9.17, 15) is 4.79 Å². The molecule has 0 unspecified atom stereocenters. The van der Waals surface area contributed by atoms with Crippen LogP contribution in [0.25, 0.3) is 0 Å². The van der Waals surface area contributed by atoms with Crippen molar-refractivity contribution in [3.63, 3.8) is 0 Å². The largest absolute Gasteiger partial charge is 0.458 e. The van der Waals surface area contributed by atoms with Crippen LogP contribution in [0.2, 0.25) is 0 Å². The lowest BCUT2D eigenvalue weighted by Crippen LogP contribution is -2.41. The standard InChI is InChI=1S/C11H16O2/c1-2-11-7-4-3-5-9(6-8-11)13-10(11)12/h3,5,9H,2,4,6-8H2,1H3/b5-3+/t9-,11+/m0/s1. The van der Waals surface area contributed by atoms with Crippen LogP contribution in [0, 0.1) is 5.41 Å². The molecule has 1 fully saturated rings. The fraction of sp³-hybridized carbons (Fsp3) is 0.727. The monoisotopic (exact) mass is 180 g/mol. The van der Waals surface area contributed by atoms with Crippen LogP contribution < -0.4 is 0 Å². The zero-order valence-corrected chi connectivity index (χ0v) is 8.08. The van der Waals surface area contributed by atoms with Gasteiger partial charge in [-0.25, -0.2) is 0 Å². The van der Waals surface area contributed by atoms with Gasteiger partial charge in [-0.2, -0.15) is 0 Å². The van der Waals surface area contributed by atoms with Crippen LogP contribution in [-0.2, 0) is 9.53 Å². The van der Waals surface area contributed by atoms with Crippen molar-refractivity contribution in [2.24, 2.45) is 5.41 Å². The van der Waals surface area contributed by atoms with Gasteiger partial charge in [0.2, 0.25) is 0 Å². The Hall–Kier alpha value is -0.790. The third-order valence-electron chi connectivity index (χ3n) is 3.42. The summed E-state index contributed by atoms with van der Waals surface area (Å²) in [7, 11) is 0. The number of rotatable bonds is 1. The van der Waals surface area contributed by atoms with Gasteiger partial charge in [0.15, 0.2) is 0 Å². The second-order valence-corrected chi connectivity index (χ2v) is 4.08. The quantitative estimate of drug-likeness (QED) is 0.457. The number of ether oxygens (including phenoxy) is 1. The molecule has 2 bridgehead atoms. The second-order valence-electron chi connectivity index (χ2n) is 4.08. The molecule has 0 aromatic carbocycles. The first-order chi connectivity index (χ1) is 6.27. The Morgan fingerprint density at radius 1 is 1.62 bits per heavy atom. The summed E-state index contributed by atoms with van der Waals surface area (Å²) >= 11 is 0. The SMILES string of the molecule is CC[C@@]12CC/C=C/[C@@H](CC1)OC2=O. The van der Waals surface area contributed by atoms with Crippen LogP contribution >= 0.6 is 0 Å². The molecule has 0 aromatic rings. The summed E-state index contributed by atoms with van der Waals surface area (Å²) in [5, 5.41) is 0. The van der Waals surface area contributed by atoms with Crippen molar-refractivity contribution < 1.29 is 9.53 Å². The van der Waals surface area contributed by atoms with E-state index in [1.807, 2.05) is 6.08 Å². The molecule has 2 aliphatic heterocycles. The van der Waals surface area contributed by atoms with Gasteiger partial charge < -0.3 is 4.74 Å². The van der Waals surface area contributed by atoms with Gasteiger partial charge in [0.25, 0.3) is 0 Å². The Morgan fingerprint density at radius 3 is 3.15 bits per heavy atom. The minimum absolute atomic E-state index is 0.0376. The van der Waals surface area contributed by atoms with Gasteiger partial charge in [0.05, 0.1) is 5.41 Å². The van der Waals surface area contributed by atoms with Crippen LogP contribution in [0.3, 0.4) is 0 Å². The molecule has 72 valence electrons. The maximum atomic E-state index is 11.7. The summed E-state index contributed by atoms with van der Waals surface area (Å²) in [4.78, 5) is 11.7. The van der Waals surface area contributed by atoms with Crippen molar-refractivity contribution >= 4 is 5.97 Å². The minimum atomic E-state index is -0.152. The van der Waals surface area contributed by atoms with Crippen molar-refractivity contribution in [2.45, 2.75) is 45.1 Å². The molecule has 1 saturated heterocycles. The molecule has 2 nitrogen and oxygen atoms in total. The normalized spacial score (nSPS) is 40.7. The molecular weight excluding hydrogens is 164 g/mol. The van der Waals surface area contributed by atoms with E-state index >= 15 is 0 Å². The lowest BCUT2D eigenvalue weighted by Gasteiger charge is -2.38. The Bertz CT molecular complexity index is 244. The van der Waals surface area contributed by atoms with Gasteiger partial charge in [0.1, 0.15) is 6.10 Å². The van der Waals surface area contributed by atoms with E-state index in [4.69, 9.17) is 4.74 Å². The lowest BCUT2D eigenvalue weighted by atomic mass is 9.73. The number of carbonyl (C=O) groups excluding carboxylic acids is 1. The van der Waals surface area contributed by atoms with Gasteiger partial charge in [-0.15, -0.1) is 0 Å². The van der Waals surface area contributed by atoms with E-state index in [2.05, 4.69) is 13.0 Å². The number of carbonyl (C=O) groups is 1. The van der Waals surface area contributed by atoms with Gasteiger partial charge in [-0.05, 0) is 38.2 Å². The Balaban J connectivity index is 2.27. The average Bonchev–Trinajstić information content (AvgIpc) is 2.10. The predicted molar refractivity (Wildman–Crippen MR) is 50.2 cm³/mol. The molecule has 0 amide bonds. The smallest absolute Gasteiger partial charge is 0.312 e. The van der Waals surface area contributed by atoms with Crippen molar-refractivity contribution in [3.8, 4) is 0 Å². The third-order valence-corrected chi connectivity index (χ3v) is 3.42. The van der Waals surface area contributed by atoms with Crippen molar-refractivity contribution in [1.29, 1.82) is 0 Å². The van der Waals surface area contributed by atoms with Crippen molar-refractivity contribution in [3.05, 3.63) is 12.2 Å². The highest BCUT2D eigenvalue weighted by Gasteiger charge is 2.42. The van der Waals surface area contributed by atoms with Crippen molar-refractivity contribution in [2.75, 3.05) is 0 Å². The van der Waals surface area contributed by atoms with E-state index in [1.54, 1.807) is 0 Å². The molecule has 0 aromatic heterocycles. The number of esters is 1. The molecule has 0 N–H and O–H groups in total. The van der Waals surface area contributed by atoms with Crippen molar-refractivity contribution in [1.82, 2.24) is 0 Å². The first-order valence-corrected chi connectivity index (χ1v) is 5.14. The number of hydrogen-bond donors (Lipinski definition) is 0. The molecule has 3 rings (SSSR count). The van der Waals surface area contributed by atoms with Gasteiger partial charge in [0, 0.05) is 0 Å². The molecular formula is C11H16O2. The molecule has 1 aliphatic carbocycles. The molecule has 2 atom stereocenters. The lowest BCUT2D eigenvalue weighted by molar-refractivity contribution is -0.168. The molecule has 13 heavy (non-hydrogen) atoms. The van der Waals surface area contributed by atoms with E-state index in [1.165, 1.54) is 0 Å². The highest BCUT2D eigenvalue weighted by molar-refractivity contribution is 5.78. The average molecular weight is 180 g/mol. The van der Waals surface area contributed by atoms with E-state index in [0.29, 0.717) is 0 Å². The first kappa shape index (κ1) is 8.79. The second kappa shape index (κ2) is 3.17. The minimum Gasteiger partial charge on any atom is -0.458 e. The first-order valence-electron chi connectivity index (χ1n) is 5.14. The summed E-state index contributed by atoms with van der Waals surface area (Å²) in [6.07, 6.45) is 9.19. The maximum absolute atomic E-state index is 11.7. The Morgan fingerprint density at radius 2 is 2.46 bits per heavy atom. The highest BCUT2D eigenvalue weighted by atomic mass is 16.5. The van der Waals surface area contributed by atoms with Crippen LogP contribution in [0.1, 0.15) is 39.0 Å². The van der Waals surface area contributed by atoms with E-state index in [0.717, 1.165) is 32.1 Å². The van der Waals surface area contributed by atoms with Gasteiger partial charge >= 0.3 is 5.97 Å². The van der Waals surface area contributed by atoms with Crippen LogP contribution in [-0.4, -0.2) is 12.1 Å². The summed E-state index contributed by atoms with van der Waals surface area (Å²) < 4.78 is 5.36. The Labute approximate surface area is 79.0 Å². The maximum Gasteiger partial charge on any atom is 0.312 e. The molecule has 2 heterocycles. The van der Waals surface area contributed by atoms with E-state index in [-0.39, 0.29) is 17.5 Å². The molecule has 2 heteroatoms. The van der Waals surface area contributed by atoms with Crippen LogP contribution in [0.4, 0.5) is 0 Å². The fourth-order valence-electron chi connectivity index (χ4n) is 2.31. The number of fused-ring (bicyclic) bond motifs is 4. The number of allylic oxidation sites excluding steroid dienone is 1. The zero-order valence-electron chi connectivity index (χ0n) is 8.08. The number of hydrogen-bond acceptors (Lipinski definition) is 2. The molecule has 0 spiro atoms. The molecule has 0 saturated carbocycles. The molecule has 0 radical (unpaired) electrons. The molecule has 3 aliphatic rings. The van der Waals surface area contributed by atoms with Gasteiger partial charge in [-0.3, -0.25) is 4.79 Å². The fourth-order valence-corrected chi connectivity index (χ4v) is 2.31. The Kier molecular flexibility index (Phi) is 2.14.